The first kappa shape index (κ1) is 28.9. The third-order valence-electron chi connectivity index (χ3n) is 5.52. The van der Waals surface area contributed by atoms with Crippen molar-refractivity contribution in [3.63, 3.8) is 0 Å². The molecule has 0 amide bonds. The lowest BCUT2D eigenvalue weighted by Gasteiger charge is -2.28. The van der Waals surface area contributed by atoms with E-state index in [0.29, 0.717) is 26.7 Å². The van der Waals surface area contributed by atoms with Crippen LogP contribution in [-0.2, 0) is 17.4 Å². The number of carbonyl (C=O) groups is 2. The second-order valence-corrected chi connectivity index (χ2v) is 10.9. The second-order valence-electron chi connectivity index (χ2n) is 9.14. The lowest BCUT2D eigenvalue weighted by Crippen LogP contribution is -2.48. The average molecular weight is 573 g/mol. The maximum absolute atomic E-state index is 13.1. The molecule has 198 valence electrons. The number of aryl methyl sites for hydroxylation is 1. The van der Waals surface area contributed by atoms with Gasteiger partial charge in [0.2, 0.25) is 0 Å². The summed E-state index contributed by atoms with van der Waals surface area (Å²) in [6.45, 7) is 6.40. The SMILES string of the molecule is CC(C)c1nc(-c2ccc(C(F)(F)F)cc2)sc1C(=O)CCc1ccc(OC(C)(C)C(=O)[O-])c(Cl)c1Cl. The zero-order valence-electron chi connectivity index (χ0n) is 20.3. The van der Waals surface area contributed by atoms with Gasteiger partial charge in [-0.15, -0.1) is 11.3 Å². The van der Waals surface area contributed by atoms with Crippen LogP contribution >= 0.6 is 34.5 Å². The van der Waals surface area contributed by atoms with Gasteiger partial charge < -0.3 is 14.6 Å². The first-order valence-corrected chi connectivity index (χ1v) is 12.8. The topological polar surface area (TPSA) is 79.3 Å². The van der Waals surface area contributed by atoms with Crippen molar-refractivity contribution in [3.05, 3.63) is 68.1 Å². The molecule has 0 N–H and O–H groups in total. The van der Waals surface area contributed by atoms with Crippen molar-refractivity contribution in [2.24, 2.45) is 0 Å². The van der Waals surface area contributed by atoms with Gasteiger partial charge in [0.25, 0.3) is 0 Å². The lowest BCUT2D eigenvalue weighted by atomic mass is 10.0. The number of hydrogen-bond acceptors (Lipinski definition) is 6. The zero-order valence-corrected chi connectivity index (χ0v) is 22.7. The standard InChI is InChI=1S/C26H24Cl2F3NO4S/c1-13(2)21-22(37-23(32-21)15-5-9-16(10-6-15)26(29,30)31)17(33)11-7-14-8-12-18(20(28)19(14)27)36-25(3,4)24(34)35/h5-6,8-10,12-13H,7,11H2,1-4H3,(H,34,35)/p-1. The molecule has 3 aromatic rings. The van der Waals surface area contributed by atoms with E-state index in [0.717, 1.165) is 23.5 Å². The minimum absolute atomic E-state index is 0.0196. The van der Waals surface area contributed by atoms with Crippen molar-refractivity contribution in [1.82, 2.24) is 4.98 Å². The van der Waals surface area contributed by atoms with Crippen LogP contribution in [0.3, 0.4) is 0 Å². The molecule has 0 saturated heterocycles. The number of halogens is 5. The lowest BCUT2D eigenvalue weighted by molar-refractivity contribution is -0.320. The molecule has 2 aromatic carbocycles. The average Bonchev–Trinajstić information content (AvgIpc) is 3.27. The van der Waals surface area contributed by atoms with E-state index in [-0.39, 0.29) is 40.3 Å². The van der Waals surface area contributed by atoms with Gasteiger partial charge in [-0.05, 0) is 49.9 Å². The van der Waals surface area contributed by atoms with Gasteiger partial charge in [0.15, 0.2) is 5.78 Å². The molecule has 1 heterocycles. The molecule has 0 saturated carbocycles. The number of carboxylic acids is 1. The summed E-state index contributed by atoms with van der Waals surface area (Å²) in [5.41, 5.74) is -0.763. The summed E-state index contributed by atoms with van der Waals surface area (Å²) in [6, 6.07) is 7.74. The number of Topliss-reactive ketones (excluding diaryl/α,β-unsaturated/α-hetero) is 1. The second kappa shape index (κ2) is 11.0. The van der Waals surface area contributed by atoms with Crippen LogP contribution in [0.4, 0.5) is 13.2 Å². The largest absolute Gasteiger partial charge is 0.546 e. The quantitative estimate of drug-likeness (QED) is 0.258. The Bertz CT molecular complexity index is 1320. The van der Waals surface area contributed by atoms with Crippen molar-refractivity contribution in [2.45, 2.75) is 58.2 Å². The molecule has 0 aliphatic carbocycles. The molecule has 0 unspecified atom stereocenters. The van der Waals surface area contributed by atoms with Crippen LogP contribution in [0, 0.1) is 0 Å². The number of benzene rings is 2. The number of rotatable bonds is 9. The molecule has 0 aliphatic heterocycles. The molecule has 0 aliphatic rings. The number of alkyl halides is 3. The maximum Gasteiger partial charge on any atom is 0.416 e. The summed E-state index contributed by atoms with van der Waals surface area (Å²) in [6.07, 6.45) is -4.12. The van der Waals surface area contributed by atoms with E-state index in [1.165, 1.54) is 32.0 Å². The number of ketones is 1. The third-order valence-corrected chi connectivity index (χ3v) is 7.58. The van der Waals surface area contributed by atoms with Crippen LogP contribution in [0.5, 0.6) is 5.75 Å². The van der Waals surface area contributed by atoms with Crippen molar-refractivity contribution in [1.29, 1.82) is 0 Å². The van der Waals surface area contributed by atoms with Crippen LogP contribution in [0.1, 0.15) is 66.5 Å². The Morgan fingerprint density at radius 1 is 1.05 bits per heavy atom. The molecule has 0 spiro atoms. The fraction of sp³-hybridized carbons (Fsp3) is 0.346. The summed E-state index contributed by atoms with van der Waals surface area (Å²) in [5, 5.41) is 11.8. The third kappa shape index (κ3) is 6.64. The Morgan fingerprint density at radius 3 is 2.22 bits per heavy atom. The van der Waals surface area contributed by atoms with Gasteiger partial charge in [0, 0.05) is 12.0 Å². The number of aromatic nitrogens is 1. The van der Waals surface area contributed by atoms with Gasteiger partial charge in [-0.2, -0.15) is 13.2 Å². The first-order chi connectivity index (χ1) is 17.1. The highest BCUT2D eigenvalue weighted by molar-refractivity contribution is 7.17. The fourth-order valence-electron chi connectivity index (χ4n) is 3.37. The Kier molecular flexibility index (Phi) is 8.61. The van der Waals surface area contributed by atoms with Crippen molar-refractivity contribution >= 4 is 46.3 Å². The Labute approximate surface area is 226 Å². The molecule has 0 fully saturated rings. The van der Waals surface area contributed by atoms with Crippen LogP contribution in [0.25, 0.3) is 10.6 Å². The molecule has 0 radical (unpaired) electrons. The van der Waals surface area contributed by atoms with Gasteiger partial charge in [-0.1, -0.05) is 55.2 Å². The molecular weight excluding hydrogens is 550 g/mol. The minimum Gasteiger partial charge on any atom is -0.546 e. The fourth-order valence-corrected chi connectivity index (χ4v) is 5.04. The van der Waals surface area contributed by atoms with E-state index in [9.17, 15) is 27.9 Å². The van der Waals surface area contributed by atoms with Gasteiger partial charge in [-0.3, -0.25) is 4.79 Å². The molecule has 11 heteroatoms. The summed E-state index contributed by atoms with van der Waals surface area (Å²) < 4.78 is 44.1. The summed E-state index contributed by atoms with van der Waals surface area (Å²) in [4.78, 5) is 29.3. The highest BCUT2D eigenvalue weighted by Gasteiger charge is 2.30. The van der Waals surface area contributed by atoms with E-state index in [1.54, 1.807) is 6.07 Å². The van der Waals surface area contributed by atoms with Crippen molar-refractivity contribution in [3.8, 4) is 16.3 Å². The van der Waals surface area contributed by atoms with E-state index in [1.807, 2.05) is 13.8 Å². The predicted molar refractivity (Wildman–Crippen MR) is 135 cm³/mol. The van der Waals surface area contributed by atoms with Crippen LogP contribution < -0.4 is 9.84 Å². The zero-order chi connectivity index (χ0) is 27.7. The number of nitrogens with zero attached hydrogens (tertiary/aromatic N) is 1. The highest BCUT2D eigenvalue weighted by Crippen LogP contribution is 2.38. The molecule has 0 atom stereocenters. The predicted octanol–water partition coefficient (Wildman–Crippen LogP) is 6.98. The Balaban J connectivity index is 1.80. The van der Waals surface area contributed by atoms with Crippen LogP contribution in [0.2, 0.25) is 10.0 Å². The smallest absolute Gasteiger partial charge is 0.416 e. The number of ether oxygens (including phenoxy) is 1. The monoisotopic (exact) mass is 572 g/mol. The summed E-state index contributed by atoms with van der Waals surface area (Å²) >= 11 is 13.8. The van der Waals surface area contributed by atoms with E-state index in [2.05, 4.69) is 4.98 Å². The van der Waals surface area contributed by atoms with Crippen molar-refractivity contribution < 1.29 is 32.6 Å². The number of thiazole rings is 1. The molecule has 37 heavy (non-hydrogen) atoms. The number of carbonyl (C=O) groups excluding carboxylic acids is 2. The molecule has 3 rings (SSSR count). The minimum atomic E-state index is -4.44. The van der Waals surface area contributed by atoms with E-state index in [4.69, 9.17) is 27.9 Å². The highest BCUT2D eigenvalue weighted by atomic mass is 35.5. The number of aliphatic carboxylic acids is 1. The van der Waals surface area contributed by atoms with Gasteiger partial charge in [0.05, 0.1) is 27.1 Å². The molecule has 0 bridgehead atoms. The molecule has 1 aromatic heterocycles. The molecule has 5 nitrogen and oxygen atoms in total. The van der Waals surface area contributed by atoms with E-state index < -0.39 is 23.3 Å². The van der Waals surface area contributed by atoms with Crippen molar-refractivity contribution in [2.75, 3.05) is 0 Å². The number of hydrogen-bond donors (Lipinski definition) is 0. The van der Waals surface area contributed by atoms with Gasteiger partial charge >= 0.3 is 6.18 Å². The normalized spacial score (nSPS) is 12.2. The maximum atomic E-state index is 13.1. The summed E-state index contributed by atoms with van der Waals surface area (Å²) in [5.74, 6) is -1.62. The van der Waals surface area contributed by atoms with Crippen LogP contribution in [0.15, 0.2) is 36.4 Å². The first-order valence-electron chi connectivity index (χ1n) is 11.2. The Morgan fingerprint density at radius 2 is 1.68 bits per heavy atom. The van der Waals surface area contributed by atoms with E-state index >= 15 is 0 Å². The van der Waals surface area contributed by atoms with Gasteiger partial charge in [-0.25, -0.2) is 4.98 Å². The Hall–Kier alpha value is -2.62. The summed E-state index contributed by atoms with van der Waals surface area (Å²) in [7, 11) is 0. The van der Waals surface area contributed by atoms with Gasteiger partial charge in [0.1, 0.15) is 21.4 Å². The number of carboxylic acid groups (broad SMARTS) is 1. The van der Waals surface area contributed by atoms with Crippen LogP contribution in [-0.4, -0.2) is 22.3 Å². The molecular formula is C26H23Cl2F3NO4S-.